The second-order valence-electron chi connectivity index (χ2n) is 7.42. The number of rotatable bonds is 3. The lowest BCUT2D eigenvalue weighted by molar-refractivity contribution is -0.126. The molecular weight excluding hydrogens is 348 g/mol. The van der Waals surface area contributed by atoms with Gasteiger partial charge in [0, 0.05) is 11.6 Å². The highest BCUT2D eigenvalue weighted by Crippen LogP contribution is 2.26. The summed E-state index contributed by atoms with van der Waals surface area (Å²) < 4.78 is 5.23. The minimum Gasteiger partial charge on any atom is -0.444 e. The molecule has 0 radical (unpaired) electrons. The predicted octanol–water partition coefficient (Wildman–Crippen LogP) is 2.01. The van der Waals surface area contributed by atoms with Crippen LogP contribution in [0, 0.1) is 17.2 Å². The molecule has 1 fully saturated rings. The zero-order valence-electron chi connectivity index (χ0n) is 15.7. The van der Waals surface area contributed by atoms with E-state index >= 15 is 0 Å². The van der Waals surface area contributed by atoms with E-state index in [-0.39, 0.29) is 11.9 Å². The number of amides is 3. The van der Waals surface area contributed by atoms with Gasteiger partial charge in [0.15, 0.2) is 0 Å². The summed E-state index contributed by atoms with van der Waals surface area (Å²) in [4.78, 5) is 36.4. The van der Waals surface area contributed by atoms with Crippen LogP contribution in [-0.4, -0.2) is 29.6 Å². The molecule has 1 saturated carbocycles. The monoisotopic (exact) mass is 372 g/mol. The van der Waals surface area contributed by atoms with Gasteiger partial charge in [-0.2, -0.15) is 5.26 Å². The summed E-state index contributed by atoms with van der Waals surface area (Å²) in [5, 5.41) is 11.5. The molecule has 1 aliphatic rings. The fraction of sp³-hybridized carbons (Fsp3) is 0.474. The zero-order valence-corrected chi connectivity index (χ0v) is 15.7. The minimum absolute atomic E-state index is 0.323. The Bertz CT molecular complexity index is 746. The summed E-state index contributed by atoms with van der Waals surface area (Å²) in [6.07, 6.45) is 1.51. The van der Waals surface area contributed by atoms with Crippen molar-refractivity contribution in [3.05, 3.63) is 35.4 Å². The topological polar surface area (TPSA) is 120 Å². The second-order valence-corrected chi connectivity index (χ2v) is 7.42. The van der Waals surface area contributed by atoms with Gasteiger partial charge in [-0.3, -0.25) is 20.4 Å². The Morgan fingerprint density at radius 2 is 1.78 bits per heavy atom. The van der Waals surface area contributed by atoms with Crippen molar-refractivity contribution < 1.29 is 19.1 Å². The quantitative estimate of drug-likeness (QED) is 0.701. The molecule has 8 nitrogen and oxygen atoms in total. The number of hydrazine groups is 1. The minimum atomic E-state index is -0.616. The molecule has 1 aliphatic carbocycles. The number of carbonyl (C=O) groups is 3. The molecule has 3 amide bonds. The number of carbonyl (C=O) groups excluding carboxylic acids is 3. The molecule has 2 rings (SSSR count). The number of ether oxygens (including phenoxy) is 1. The van der Waals surface area contributed by atoms with Crippen LogP contribution in [-0.2, 0) is 9.53 Å². The highest BCUT2D eigenvalue weighted by Gasteiger charge is 2.35. The first-order valence-electron chi connectivity index (χ1n) is 8.79. The van der Waals surface area contributed by atoms with Crippen LogP contribution < -0.4 is 16.2 Å². The van der Waals surface area contributed by atoms with E-state index in [9.17, 15) is 14.4 Å². The van der Waals surface area contributed by atoms with Crippen LogP contribution in [0.5, 0.6) is 0 Å². The first kappa shape index (κ1) is 20.2. The summed E-state index contributed by atoms with van der Waals surface area (Å²) in [5.74, 6) is -1.29. The van der Waals surface area contributed by atoms with Crippen molar-refractivity contribution in [3.8, 4) is 6.07 Å². The number of hydrogen-bond acceptors (Lipinski definition) is 5. The smallest absolute Gasteiger partial charge is 0.407 e. The van der Waals surface area contributed by atoms with Crippen LogP contribution in [0.3, 0.4) is 0 Å². The van der Waals surface area contributed by atoms with Gasteiger partial charge in [0.25, 0.3) is 5.91 Å². The van der Waals surface area contributed by atoms with Gasteiger partial charge in [0.2, 0.25) is 5.91 Å². The van der Waals surface area contributed by atoms with Crippen LogP contribution in [0.2, 0.25) is 0 Å². The summed E-state index contributed by atoms with van der Waals surface area (Å²) in [5.41, 5.74) is 4.92. The lowest BCUT2D eigenvalue weighted by atomic mass is 10.0. The van der Waals surface area contributed by atoms with E-state index in [4.69, 9.17) is 10.00 Å². The number of benzene rings is 1. The van der Waals surface area contributed by atoms with Gasteiger partial charge in [0.1, 0.15) is 5.60 Å². The maximum absolute atomic E-state index is 12.4. The molecule has 8 heteroatoms. The van der Waals surface area contributed by atoms with Gasteiger partial charge in [-0.05, 0) is 57.9 Å². The van der Waals surface area contributed by atoms with Gasteiger partial charge in [-0.1, -0.05) is 6.42 Å². The third kappa shape index (κ3) is 5.99. The van der Waals surface area contributed by atoms with Crippen LogP contribution in [0.1, 0.15) is 56.0 Å². The van der Waals surface area contributed by atoms with Crippen molar-refractivity contribution in [1.82, 2.24) is 16.2 Å². The van der Waals surface area contributed by atoms with E-state index in [2.05, 4.69) is 16.2 Å². The number of nitriles is 1. The van der Waals surface area contributed by atoms with Gasteiger partial charge in [0.05, 0.1) is 17.6 Å². The Morgan fingerprint density at radius 3 is 2.37 bits per heavy atom. The van der Waals surface area contributed by atoms with E-state index in [0.29, 0.717) is 24.0 Å². The fourth-order valence-electron chi connectivity index (χ4n) is 2.88. The van der Waals surface area contributed by atoms with E-state index in [1.807, 2.05) is 6.07 Å². The van der Waals surface area contributed by atoms with Crippen molar-refractivity contribution in [3.63, 3.8) is 0 Å². The first-order valence-corrected chi connectivity index (χ1v) is 8.79. The maximum atomic E-state index is 12.4. The van der Waals surface area contributed by atoms with Crippen LogP contribution in [0.4, 0.5) is 4.79 Å². The van der Waals surface area contributed by atoms with Crippen LogP contribution >= 0.6 is 0 Å². The largest absolute Gasteiger partial charge is 0.444 e. The van der Waals surface area contributed by atoms with E-state index < -0.39 is 23.5 Å². The standard InChI is InChI=1S/C19H24N4O4/c1-19(2,3)27-18(26)21-15-6-4-5-14(15)17(25)23-22-16(24)13-9-7-12(11-20)8-10-13/h7-10,14-15H,4-6H2,1-3H3,(H,21,26)(H,22,24)(H,23,25). The molecule has 2 unspecified atom stereocenters. The van der Waals surface area contributed by atoms with E-state index in [1.54, 1.807) is 20.8 Å². The molecule has 27 heavy (non-hydrogen) atoms. The molecule has 2 atom stereocenters. The molecule has 1 aromatic carbocycles. The van der Waals surface area contributed by atoms with Crippen molar-refractivity contribution in [1.29, 1.82) is 5.26 Å². The molecule has 0 aliphatic heterocycles. The molecule has 0 spiro atoms. The Morgan fingerprint density at radius 1 is 1.11 bits per heavy atom. The molecule has 0 saturated heterocycles. The summed E-state index contributed by atoms with van der Waals surface area (Å²) in [6, 6.07) is 7.68. The van der Waals surface area contributed by atoms with E-state index in [0.717, 1.165) is 6.42 Å². The lowest BCUT2D eigenvalue weighted by Gasteiger charge is -2.24. The first-order chi connectivity index (χ1) is 12.7. The Labute approximate surface area is 158 Å². The number of nitrogens with one attached hydrogen (secondary N) is 3. The molecule has 144 valence electrons. The molecule has 3 N–H and O–H groups in total. The average Bonchev–Trinajstić information content (AvgIpc) is 3.05. The third-order valence-corrected chi connectivity index (χ3v) is 4.13. The average molecular weight is 372 g/mol. The molecule has 0 aromatic heterocycles. The highest BCUT2D eigenvalue weighted by atomic mass is 16.6. The summed E-state index contributed by atoms with van der Waals surface area (Å²) in [6.45, 7) is 5.30. The number of nitrogens with zero attached hydrogens (tertiary/aromatic N) is 1. The zero-order chi connectivity index (χ0) is 20.0. The predicted molar refractivity (Wildman–Crippen MR) is 97.3 cm³/mol. The maximum Gasteiger partial charge on any atom is 0.407 e. The van der Waals surface area contributed by atoms with Crippen LogP contribution in [0.25, 0.3) is 0 Å². The number of hydrogen-bond donors (Lipinski definition) is 3. The van der Waals surface area contributed by atoms with Crippen molar-refractivity contribution in [2.24, 2.45) is 5.92 Å². The normalized spacial score (nSPS) is 18.9. The second kappa shape index (κ2) is 8.54. The molecule has 1 aromatic rings. The van der Waals surface area contributed by atoms with E-state index in [1.165, 1.54) is 24.3 Å². The van der Waals surface area contributed by atoms with Crippen LogP contribution in [0.15, 0.2) is 24.3 Å². The highest BCUT2D eigenvalue weighted by molar-refractivity contribution is 5.95. The Balaban J connectivity index is 1.87. The van der Waals surface area contributed by atoms with Crippen molar-refractivity contribution >= 4 is 17.9 Å². The van der Waals surface area contributed by atoms with Gasteiger partial charge in [-0.15, -0.1) is 0 Å². The number of alkyl carbamates (subject to hydrolysis) is 1. The third-order valence-electron chi connectivity index (χ3n) is 4.13. The molecule has 0 bridgehead atoms. The van der Waals surface area contributed by atoms with Gasteiger partial charge < -0.3 is 10.1 Å². The molecule has 0 heterocycles. The van der Waals surface area contributed by atoms with Crippen molar-refractivity contribution in [2.45, 2.75) is 51.7 Å². The molecular formula is C19H24N4O4. The Kier molecular flexibility index (Phi) is 6.40. The van der Waals surface area contributed by atoms with Gasteiger partial charge in [-0.25, -0.2) is 4.79 Å². The Hall–Kier alpha value is -3.08. The lowest BCUT2D eigenvalue weighted by Crippen LogP contribution is -2.50. The summed E-state index contributed by atoms with van der Waals surface area (Å²) in [7, 11) is 0. The van der Waals surface area contributed by atoms with Crippen molar-refractivity contribution in [2.75, 3.05) is 0 Å². The fourth-order valence-corrected chi connectivity index (χ4v) is 2.88. The summed E-state index contributed by atoms with van der Waals surface area (Å²) >= 11 is 0. The van der Waals surface area contributed by atoms with Gasteiger partial charge >= 0.3 is 6.09 Å². The SMILES string of the molecule is CC(C)(C)OC(=O)NC1CCCC1C(=O)NNC(=O)c1ccc(C#N)cc1.